The summed E-state index contributed by atoms with van der Waals surface area (Å²) in [6.07, 6.45) is 4.41. The van der Waals surface area contributed by atoms with Gasteiger partial charge in [-0.15, -0.1) is 0 Å². The standard InChI is InChI=1S/C18H26O3/c1-14(2)18(11-9-15(3)10-12-18)20-13-17(19)21-16-7-5-4-6-8-16/h4-8,14-15H,9-13H2,1-3H3. The van der Waals surface area contributed by atoms with Crippen LogP contribution in [0.1, 0.15) is 46.5 Å². The summed E-state index contributed by atoms with van der Waals surface area (Å²) in [6.45, 7) is 6.67. The van der Waals surface area contributed by atoms with E-state index in [1.165, 1.54) is 12.8 Å². The fraction of sp³-hybridized carbons (Fsp3) is 0.611. The summed E-state index contributed by atoms with van der Waals surface area (Å²) >= 11 is 0. The van der Waals surface area contributed by atoms with Crippen molar-refractivity contribution >= 4 is 5.97 Å². The van der Waals surface area contributed by atoms with Crippen LogP contribution in [0.5, 0.6) is 5.75 Å². The van der Waals surface area contributed by atoms with Crippen molar-refractivity contribution < 1.29 is 14.3 Å². The molecule has 0 bridgehead atoms. The topological polar surface area (TPSA) is 35.5 Å². The quantitative estimate of drug-likeness (QED) is 0.602. The van der Waals surface area contributed by atoms with Crippen LogP contribution in [0.15, 0.2) is 30.3 Å². The number of hydrogen-bond acceptors (Lipinski definition) is 3. The zero-order valence-electron chi connectivity index (χ0n) is 13.3. The lowest BCUT2D eigenvalue weighted by Crippen LogP contribution is -2.43. The third kappa shape index (κ3) is 4.31. The Morgan fingerprint density at radius 1 is 1.24 bits per heavy atom. The molecule has 0 atom stereocenters. The number of benzene rings is 1. The van der Waals surface area contributed by atoms with Gasteiger partial charge in [0.1, 0.15) is 12.4 Å². The molecule has 0 spiro atoms. The summed E-state index contributed by atoms with van der Waals surface area (Å²) in [7, 11) is 0. The van der Waals surface area contributed by atoms with Gasteiger partial charge in [0.15, 0.2) is 0 Å². The van der Waals surface area contributed by atoms with Crippen LogP contribution in [0.25, 0.3) is 0 Å². The van der Waals surface area contributed by atoms with E-state index in [4.69, 9.17) is 9.47 Å². The van der Waals surface area contributed by atoms with Crippen LogP contribution in [0.4, 0.5) is 0 Å². The zero-order chi connectivity index (χ0) is 15.3. The molecule has 1 aliphatic rings. The van der Waals surface area contributed by atoms with E-state index in [1.807, 2.05) is 18.2 Å². The molecule has 0 saturated heterocycles. The molecule has 1 aliphatic carbocycles. The first-order valence-corrected chi connectivity index (χ1v) is 7.91. The molecule has 1 fully saturated rings. The third-order valence-electron chi connectivity index (χ3n) is 4.63. The second-order valence-electron chi connectivity index (χ2n) is 6.48. The Bertz CT molecular complexity index is 445. The number of para-hydroxylation sites is 1. The van der Waals surface area contributed by atoms with Gasteiger partial charge in [-0.1, -0.05) is 39.0 Å². The fourth-order valence-electron chi connectivity index (χ4n) is 2.99. The monoisotopic (exact) mass is 290 g/mol. The van der Waals surface area contributed by atoms with Gasteiger partial charge in [0, 0.05) is 0 Å². The second kappa shape index (κ2) is 7.08. The minimum atomic E-state index is -0.320. The van der Waals surface area contributed by atoms with Crippen LogP contribution in [0.2, 0.25) is 0 Å². The summed E-state index contributed by atoms with van der Waals surface area (Å²) < 4.78 is 11.3. The fourth-order valence-corrected chi connectivity index (χ4v) is 2.99. The van der Waals surface area contributed by atoms with Gasteiger partial charge in [-0.25, -0.2) is 4.79 Å². The lowest BCUT2D eigenvalue weighted by atomic mass is 9.73. The average molecular weight is 290 g/mol. The summed E-state index contributed by atoms with van der Waals surface area (Å²) in [5, 5.41) is 0. The van der Waals surface area contributed by atoms with Gasteiger partial charge < -0.3 is 9.47 Å². The maximum Gasteiger partial charge on any atom is 0.337 e. The number of carbonyl (C=O) groups is 1. The number of esters is 1. The first-order chi connectivity index (χ1) is 10.0. The Hall–Kier alpha value is -1.35. The van der Waals surface area contributed by atoms with E-state index < -0.39 is 0 Å². The highest BCUT2D eigenvalue weighted by Gasteiger charge is 2.38. The summed E-state index contributed by atoms with van der Waals surface area (Å²) in [5.41, 5.74) is -0.164. The summed E-state index contributed by atoms with van der Waals surface area (Å²) in [4.78, 5) is 11.9. The predicted octanol–water partition coefficient (Wildman–Crippen LogP) is 4.21. The average Bonchev–Trinajstić information content (AvgIpc) is 2.48. The Morgan fingerprint density at radius 2 is 1.86 bits per heavy atom. The van der Waals surface area contributed by atoms with Gasteiger partial charge in [-0.2, -0.15) is 0 Å². The minimum Gasteiger partial charge on any atom is -0.425 e. The molecule has 0 amide bonds. The summed E-state index contributed by atoms with van der Waals surface area (Å²) in [6, 6.07) is 9.14. The molecule has 1 saturated carbocycles. The van der Waals surface area contributed by atoms with E-state index in [0.717, 1.165) is 18.8 Å². The van der Waals surface area contributed by atoms with E-state index in [2.05, 4.69) is 20.8 Å². The van der Waals surface area contributed by atoms with Crippen molar-refractivity contribution in [2.45, 2.75) is 52.1 Å². The van der Waals surface area contributed by atoms with E-state index in [-0.39, 0.29) is 18.2 Å². The van der Waals surface area contributed by atoms with Crippen molar-refractivity contribution in [1.29, 1.82) is 0 Å². The molecule has 0 radical (unpaired) electrons. The molecular weight excluding hydrogens is 264 g/mol. The number of hydrogen-bond donors (Lipinski definition) is 0. The van der Waals surface area contributed by atoms with E-state index in [9.17, 15) is 4.79 Å². The van der Waals surface area contributed by atoms with Gasteiger partial charge >= 0.3 is 5.97 Å². The minimum absolute atomic E-state index is 0.0292. The molecule has 2 rings (SSSR count). The molecular formula is C18H26O3. The maximum atomic E-state index is 11.9. The van der Waals surface area contributed by atoms with Crippen LogP contribution in [0, 0.1) is 11.8 Å². The van der Waals surface area contributed by atoms with Crippen LogP contribution in [-0.2, 0) is 9.53 Å². The number of carbonyl (C=O) groups excluding carboxylic acids is 1. The van der Waals surface area contributed by atoms with Crippen molar-refractivity contribution in [3.05, 3.63) is 30.3 Å². The third-order valence-corrected chi connectivity index (χ3v) is 4.63. The molecule has 0 unspecified atom stereocenters. The normalized spacial score (nSPS) is 25.8. The zero-order valence-corrected chi connectivity index (χ0v) is 13.3. The van der Waals surface area contributed by atoms with Gasteiger partial charge in [0.05, 0.1) is 5.60 Å². The van der Waals surface area contributed by atoms with E-state index in [0.29, 0.717) is 11.7 Å². The van der Waals surface area contributed by atoms with Crippen molar-refractivity contribution in [3.63, 3.8) is 0 Å². The SMILES string of the molecule is CC1CCC(OCC(=O)Oc2ccccc2)(C(C)C)CC1. The van der Waals surface area contributed by atoms with Crippen LogP contribution >= 0.6 is 0 Å². The van der Waals surface area contributed by atoms with Crippen LogP contribution < -0.4 is 4.74 Å². The molecule has 0 aromatic heterocycles. The molecule has 21 heavy (non-hydrogen) atoms. The molecule has 116 valence electrons. The first-order valence-electron chi connectivity index (χ1n) is 7.91. The number of rotatable bonds is 5. The first kappa shape index (κ1) is 16.0. The molecule has 3 nitrogen and oxygen atoms in total. The van der Waals surface area contributed by atoms with Crippen molar-refractivity contribution in [1.82, 2.24) is 0 Å². The van der Waals surface area contributed by atoms with Crippen molar-refractivity contribution in [2.75, 3.05) is 6.61 Å². The molecule has 0 N–H and O–H groups in total. The Morgan fingerprint density at radius 3 is 2.43 bits per heavy atom. The molecule has 0 heterocycles. The Kier molecular flexibility index (Phi) is 5.40. The van der Waals surface area contributed by atoms with Crippen molar-refractivity contribution in [3.8, 4) is 5.75 Å². The Labute approximate surface area is 127 Å². The van der Waals surface area contributed by atoms with Crippen molar-refractivity contribution in [2.24, 2.45) is 11.8 Å². The highest BCUT2D eigenvalue weighted by Crippen LogP contribution is 2.39. The van der Waals surface area contributed by atoms with Gasteiger partial charge in [0.25, 0.3) is 0 Å². The molecule has 1 aromatic rings. The number of ether oxygens (including phenoxy) is 2. The lowest BCUT2D eigenvalue weighted by Gasteiger charge is -2.42. The summed E-state index contributed by atoms with van der Waals surface area (Å²) in [5.74, 6) is 1.42. The van der Waals surface area contributed by atoms with E-state index >= 15 is 0 Å². The highest BCUT2D eigenvalue weighted by molar-refractivity contribution is 5.73. The maximum absolute atomic E-state index is 11.9. The van der Waals surface area contributed by atoms with Crippen LogP contribution in [0.3, 0.4) is 0 Å². The predicted molar refractivity (Wildman–Crippen MR) is 83.2 cm³/mol. The second-order valence-corrected chi connectivity index (χ2v) is 6.48. The Balaban J connectivity index is 1.89. The van der Waals surface area contributed by atoms with E-state index in [1.54, 1.807) is 12.1 Å². The lowest BCUT2D eigenvalue weighted by molar-refractivity contribution is -0.156. The molecule has 3 heteroatoms. The molecule has 0 aliphatic heterocycles. The van der Waals surface area contributed by atoms with Gasteiger partial charge in [-0.05, 0) is 49.7 Å². The van der Waals surface area contributed by atoms with Crippen LogP contribution in [-0.4, -0.2) is 18.2 Å². The molecule has 1 aromatic carbocycles. The van der Waals surface area contributed by atoms with Gasteiger partial charge in [-0.3, -0.25) is 0 Å². The smallest absolute Gasteiger partial charge is 0.337 e. The van der Waals surface area contributed by atoms with Gasteiger partial charge in [0.2, 0.25) is 0 Å². The highest BCUT2D eigenvalue weighted by atomic mass is 16.6. The largest absolute Gasteiger partial charge is 0.425 e.